The van der Waals surface area contributed by atoms with Crippen molar-refractivity contribution in [3.63, 3.8) is 0 Å². The predicted octanol–water partition coefficient (Wildman–Crippen LogP) is 4.13. The molecule has 5 rings (SSSR count). The molecule has 0 unspecified atom stereocenters. The first kappa shape index (κ1) is 31.4. The lowest BCUT2D eigenvalue weighted by Gasteiger charge is -2.38. The Morgan fingerprint density at radius 2 is 1.41 bits per heavy atom. The molecule has 1 heterocycles. The summed E-state index contributed by atoms with van der Waals surface area (Å²) in [7, 11) is -8.10. The highest BCUT2D eigenvalue weighted by molar-refractivity contribution is 7.89. The van der Waals surface area contributed by atoms with Crippen molar-refractivity contribution in [2.75, 3.05) is 19.6 Å². The molecule has 13 heteroatoms. The number of piperazine rings is 1. The second-order valence-corrected chi connectivity index (χ2v) is 14.1. The molecule has 1 aliphatic heterocycles. The van der Waals surface area contributed by atoms with Crippen molar-refractivity contribution < 1.29 is 26.4 Å². The van der Waals surface area contributed by atoms with Gasteiger partial charge in [-0.2, -0.15) is 13.7 Å². The minimum atomic E-state index is -4.12. The van der Waals surface area contributed by atoms with E-state index in [1.54, 1.807) is 72.8 Å². The van der Waals surface area contributed by atoms with Crippen LogP contribution in [0, 0.1) is 0 Å². The number of amides is 1. The van der Waals surface area contributed by atoms with Gasteiger partial charge in [0.15, 0.2) is 0 Å². The fourth-order valence-corrected chi connectivity index (χ4v) is 7.75. The van der Waals surface area contributed by atoms with Crippen LogP contribution in [0.2, 0.25) is 5.02 Å². The van der Waals surface area contributed by atoms with E-state index in [9.17, 15) is 21.6 Å². The fourth-order valence-electron chi connectivity index (χ4n) is 4.57. The Bertz CT molecular complexity index is 1820. The highest BCUT2D eigenvalue weighted by atomic mass is 35.5. The Labute approximate surface area is 261 Å². The Kier molecular flexibility index (Phi) is 9.77. The van der Waals surface area contributed by atoms with Gasteiger partial charge in [0, 0.05) is 24.7 Å². The molecule has 228 valence electrons. The molecule has 0 saturated carbocycles. The molecule has 0 spiro atoms. The number of carbonyl (C=O) groups excluding carboxylic acids is 1. The van der Waals surface area contributed by atoms with Gasteiger partial charge in [-0.05, 0) is 71.8 Å². The highest BCUT2D eigenvalue weighted by Crippen LogP contribution is 2.25. The summed E-state index contributed by atoms with van der Waals surface area (Å²) in [5, 5.41) is 4.66. The average molecular weight is 653 g/mol. The molecule has 10 nitrogen and oxygen atoms in total. The molecule has 4 aromatic rings. The van der Waals surface area contributed by atoms with Gasteiger partial charge < -0.3 is 4.74 Å². The number of benzene rings is 4. The van der Waals surface area contributed by atoms with Crippen molar-refractivity contribution in [2.45, 2.75) is 22.4 Å². The van der Waals surface area contributed by atoms with E-state index in [4.69, 9.17) is 16.3 Å². The Morgan fingerprint density at radius 1 is 0.818 bits per heavy atom. The van der Waals surface area contributed by atoms with Crippen LogP contribution in [0.5, 0.6) is 5.75 Å². The largest absolute Gasteiger partial charge is 0.489 e. The predicted molar refractivity (Wildman–Crippen MR) is 167 cm³/mol. The fraction of sp³-hybridized carbons (Fsp3) is 0.161. The molecule has 1 atom stereocenters. The Hall–Kier alpha value is -4.07. The molecular formula is C31H29ClN4O6S2. The van der Waals surface area contributed by atoms with E-state index in [2.05, 4.69) is 10.5 Å². The summed E-state index contributed by atoms with van der Waals surface area (Å²) in [5.74, 6) is -0.138. The normalized spacial score (nSPS) is 16.5. The zero-order valence-electron chi connectivity index (χ0n) is 23.4. The summed E-state index contributed by atoms with van der Waals surface area (Å²) in [6.45, 7) is -0.364. The number of hydrazone groups is 1. The number of nitrogens with zero attached hydrogens (tertiary/aromatic N) is 3. The molecular weight excluding hydrogens is 624 g/mol. The van der Waals surface area contributed by atoms with E-state index >= 15 is 0 Å². The highest BCUT2D eigenvalue weighted by Gasteiger charge is 2.43. The second kappa shape index (κ2) is 13.7. The van der Waals surface area contributed by atoms with E-state index in [1.807, 2.05) is 12.1 Å². The first-order valence-corrected chi connectivity index (χ1v) is 16.8. The molecule has 0 aliphatic carbocycles. The van der Waals surface area contributed by atoms with Crippen LogP contribution in [0.3, 0.4) is 0 Å². The number of sulfonamides is 2. The lowest BCUT2D eigenvalue weighted by atomic mass is 10.2. The minimum absolute atomic E-state index is 0.000890. The first-order valence-electron chi connectivity index (χ1n) is 13.6. The van der Waals surface area contributed by atoms with Crippen molar-refractivity contribution in [2.24, 2.45) is 5.10 Å². The molecule has 1 fully saturated rings. The Morgan fingerprint density at radius 3 is 2.02 bits per heavy atom. The van der Waals surface area contributed by atoms with Gasteiger partial charge in [-0.15, -0.1) is 0 Å². The second-order valence-electron chi connectivity index (χ2n) is 9.84. The monoisotopic (exact) mass is 652 g/mol. The molecule has 0 bridgehead atoms. The van der Waals surface area contributed by atoms with Gasteiger partial charge in [-0.25, -0.2) is 22.3 Å². The van der Waals surface area contributed by atoms with E-state index in [1.165, 1.54) is 30.5 Å². The third kappa shape index (κ3) is 7.34. The van der Waals surface area contributed by atoms with Crippen LogP contribution in [-0.2, 0) is 31.4 Å². The lowest BCUT2D eigenvalue weighted by molar-refractivity contribution is -0.125. The van der Waals surface area contributed by atoms with Gasteiger partial charge in [0.05, 0.1) is 16.0 Å². The number of nitrogens with one attached hydrogen (secondary N) is 1. The van der Waals surface area contributed by atoms with Gasteiger partial charge in [0.25, 0.3) is 5.91 Å². The van der Waals surface area contributed by atoms with E-state index in [0.29, 0.717) is 22.9 Å². The number of hydrogen-bond donors (Lipinski definition) is 1. The molecule has 0 aromatic heterocycles. The molecule has 1 amide bonds. The van der Waals surface area contributed by atoms with Gasteiger partial charge in [-0.1, -0.05) is 60.1 Å². The minimum Gasteiger partial charge on any atom is -0.489 e. The summed E-state index contributed by atoms with van der Waals surface area (Å²) < 4.78 is 61.7. The molecule has 0 radical (unpaired) electrons. The standard InChI is InChI=1S/C31H29ClN4O6S2/c32-26-15-11-25(12-16-26)23-42-27-17-13-24(14-18-27)21-33-34-31(37)30-22-35(43(38,39)28-7-3-1-4-8-28)19-20-36(30)44(40,41)29-9-5-2-6-10-29/h1-18,21,30H,19-20,22-23H2,(H,34,37)/b33-21-/t30-/m0/s1. The summed E-state index contributed by atoms with van der Waals surface area (Å²) >= 11 is 5.92. The molecule has 1 N–H and O–H groups in total. The molecule has 1 saturated heterocycles. The topological polar surface area (TPSA) is 125 Å². The molecule has 44 heavy (non-hydrogen) atoms. The summed E-state index contributed by atoms with van der Waals surface area (Å²) in [6, 6.07) is 28.4. The van der Waals surface area contributed by atoms with Crippen molar-refractivity contribution in [1.29, 1.82) is 0 Å². The number of hydrogen-bond acceptors (Lipinski definition) is 7. The van der Waals surface area contributed by atoms with Gasteiger partial charge in [-0.3, -0.25) is 4.79 Å². The van der Waals surface area contributed by atoms with Crippen LogP contribution >= 0.6 is 11.6 Å². The van der Waals surface area contributed by atoms with E-state index < -0.39 is 32.0 Å². The lowest BCUT2D eigenvalue weighted by Crippen LogP contribution is -2.60. The van der Waals surface area contributed by atoms with Gasteiger partial charge in [0.1, 0.15) is 18.4 Å². The smallest absolute Gasteiger partial charge is 0.259 e. The van der Waals surface area contributed by atoms with Crippen LogP contribution in [0.15, 0.2) is 124 Å². The number of ether oxygens (including phenoxy) is 1. The molecule has 1 aliphatic rings. The number of carbonyl (C=O) groups is 1. The first-order chi connectivity index (χ1) is 21.1. The third-order valence-electron chi connectivity index (χ3n) is 6.91. The Balaban J connectivity index is 1.29. The third-order valence-corrected chi connectivity index (χ3v) is 11.0. The summed E-state index contributed by atoms with van der Waals surface area (Å²) in [4.78, 5) is 13.5. The summed E-state index contributed by atoms with van der Waals surface area (Å²) in [5.41, 5.74) is 4.00. The van der Waals surface area contributed by atoms with Crippen LogP contribution in [0.4, 0.5) is 0 Å². The maximum absolute atomic E-state index is 13.5. The number of rotatable bonds is 10. The van der Waals surface area contributed by atoms with Crippen LogP contribution in [-0.4, -0.2) is 63.2 Å². The van der Waals surface area contributed by atoms with Crippen LogP contribution < -0.4 is 10.2 Å². The van der Waals surface area contributed by atoms with E-state index in [0.717, 1.165) is 14.2 Å². The quantitative estimate of drug-likeness (QED) is 0.203. The zero-order valence-corrected chi connectivity index (χ0v) is 25.7. The van der Waals surface area contributed by atoms with Crippen LogP contribution in [0.25, 0.3) is 0 Å². The van der Waals surface area contributed by atoms with Crippen LogP contribution in [0.1, 0.15) is 11.1 Å². The van der Waals surface area contributed by atoms with Crippen molar-refractivity contribution >= 4 is 43.8 Å². The maximum Gasteiger partial charge on any atom is 0.259 e. The number of halogens is 1. The van der Waals surface area contributed by atoms with Crippen molar-refractivity contribution in [1.82, 2.24) is 14.0 Å². The van der Waals surface area contributed by atoms with Crippen molar-refractivity contribution in [3.05, 3.63) is 125 Å². The summed E-state index contributed by atoms with van der Waals surface area (Å²) in [6.07, 6.45) is 1.40. The average Bonchev–Trinajstić information content (AvgIpc) is 3.05. The molecule has 4 aromatic carbocycles. The zero-order chi connectivity index (χ0) is 31.2. The van der Waals surface area contributed by atoms with Gasteiger partial charge in [0.2, 0.25) is 20.0 Å². The van der Waals surface area contributed by atoms with E-state index in [-0.39, 0.29) is 29.4 Å². The SMILES string of the molecule is O=C(N/N=C\c1ccc(OCc2ccc(Cl)cc2)cc1)[C@@H]1CN(S(=O)(=O)c2ccccc2)CCN1S(=O)(=O)c1ccccc1. The van der Waals surface area contributed by atoms with Gasteiger partial charge >= 0.3 is 0 Å². The maximum atomic E-state index is 13.5. The van der Waals surface area contributed by atoms with Crippen molar-refractivity contribution in [3.8, 4) is 5.75 Å².